The van der Waals surface area contributed by atoms with Crippen molar-refractivity contribution in [3.05, 3.63) is 54.2 Å². The lowest BCUT2D eigenvalue weighted by molar-refractivity contribution is -0.137. The molecule has 26 heavy (non-hydrogen) atoms. The summed E-state index contributed by atoms with van der Waals surface area (Å²) in [5.74, 6) is 0.949. The van der Waals surface area contributed by atoms with E-state index in [-0.39, 0.29) is 5.91 Å². The van der Waals surface area contributed by atoms with Crippen LogP contribution in [0.25, 0.3) is 0 Å². The number of piperazine rings is 1. The number of benzene rings is 1. The van der Waals surface area contributed by atoms with Gasteiger partial charge in [0.15, 0.2) is 0 Å². The third-order valence-electron chi connectivity index (χ3n) is 4.14. The van der Waals surface area contributed by atoms with Gasteiger partial charge in [0.25, 0.3) is 0 Å². The highest BCUT2D eigenvalue weighted by Gasteiger charge is 2.31. The van der Waals surface area contributed by atoms with Crippen molar-refractivity contribution in [1.82, 2.24) is 9.88 Å². The third kappa shape index (κ3) is 4.69. The standard InChI is InChI=1S/C18H18F3N3OS/c19-18(20,21)14-6-7-16(22-12-14)23-8-10-24(11-9-23)17(25)13-26-15-4-2-1-3-5-15/h1-7,12H,8-11,13H2. The van der Waals surface area contributed by atoms with E-state index in [4.69, 9.17) is 0 Å². The first kappa shape index (κ1) is 18.6. The van der Waals surface area contributed by atoms with Crippen molar-refractivity contribution in [2.45, 2.75) is 11.1 Å². The molecule has 1 aliphatic rings. The van der Waals surface area contributed by atoms with E-state index in [9.17, 15) is 18.0 Å². The Bertz CT molecular complexity index is 730. The molecule has 1 aromatic carbocycles. The van der Waals surface area contributed by atoms with Crippen LogP contribution in [0.2, 0.25) is 0 Å². The number of thioether (sulfide) groups is 1. The summed E-state index contributed by atoms with van der Waals surface area (Å²) < 4.78 is 37.8. The molecule has 1 saturated heterocycles. The molecule has 0 unspecified atom stereocenters. The highest BCUT2D eigenvalue weighted by molar-refractivity contribution is 8.00. The molecular formula is C18H18F3N3OS. The highest BCUT2D eigenvalue weighted by Crippen LogP contribution is 2.29. The van der Waals surface area contributed by atoms with E-state index in [1.807, 2.05) is 35.2 Å². The number of alkyl halides is 3. The van der Waals surface area contributed by atoms with E-state index in [2.05, 4.69) is 4.98 Å². The molecule has 0 N–H and O–H groups in total. The molecule has 0 aliphatic carbocycles. The van der Waals surface area contributed by atoms with Crippen LogP contribution < -0.4 is 4.90 Å². The van der Waals surface area contributed by atoms with Gasteiger partial charge in [-0.25, -0.2) is 4.98 Å². The lowest BCUT2D eigenvalue weighted by Gasteiger charge is -2.35. The van der Waals surface area contributed by atoms with E-state index in [0.29, 0.717) is 37.7 Å². The predicted molar refractivity (Wildman–Crippen MR) is 95.2 cm³/mol. The van der Waals surface area contributed by atoms with E-state index >= 15 is 0 Å². The number of nitrogens with zero attached hydrogens (tertiary/aromatic N) is 3. The molecule has 138 valence electrons. The van der Waals surface area contributed by atoms with Crippen molar-refractivity contribution in [1.29, 1.82) is 0 Å². The Morgan fingerprint density at radius 3 is 2.31 bits per heavy atom. The highest BCUT2D eigenvalue weighted by atomic mass is 32.2. The van der Waals surface area contributed by atoms with Gasteiger partial charge in [0.05, 0.1) is 11.3 Å². The molecule has 0 saturated carbocycles. The molecule has 2 heterocycles. The first-order valence-corrected chi connectivity index (χ1v) is 9.16. The van der Waals surface area contributed by atoms with Crippen LogP contribution in [0.1, 0.15) is 5.56 Å². The minimum atomic E-state index is -4.38. The Morgan fingerprint density at radius 1 is 1.04 bits per heavy atom. The van der Waals surface area contributed by atoms with Crippen molar-refractivity contribution in [2.75, 3.05) is 36.8 Å². The SMILES string of the molecule is O=C(CSc1ccccc1)N1CCN(c2ccc(C(F)(F)F)cn2)CC1. The van der Waals surface area contributed by atoms with Crippen LogP contribution in [0, 0.1) is 0 Å². The number of carbonyl (C=O) groups excluding carboxylic acids is 1. The number of carbonyl (C=O) groups is 1. The molecule has 0 radical (unpaired) electrons. The van der Waals surface area contributed by atoms with Crippen LogP contribution in [0.5, 0.6) is 0 Å². The average Bonchev–Trinajstić information content (AvgIpc) is 2.66. The van der Waals surface area contributed by atoms with E-state index in [1.54, 1.807) is 4.90 Å². The summed E-state index contributed by atoms with van der Waals surface area (Å²) in [5, 5.41) is 0. The van der Waals surface area contributed by atoms with Crippen LogP contribution in [0.15, 0.2) is 53.6 Å². The number of hydrogen-bond donors (Lipinski definition) is 0. The number of halogens is 3. The second-order valence-corrected chi connectivity index (χ2v) is 6.92. The molecular weight excluding hydrogens is 363 g/mol. The summed E-state index contributed by atoms with van der Waals surface area (Å²) >= 11 is 1.50. The van der Waals surface area contributed by atoms with Crippen LogP contribution in [-0.2, 0) is 11.0 Å². The molecule has 0 atom stereocenters. The van der Waals surface area contributed by atoms with Gasteiger partial charge in [-0.1, -0.05) is 18.2 Å². The third-order valence-corrected chi connectivity index (χ3v) is 5.13. The summed E-state index contributed by atoms with van der Waals surface area (Å²) in [5.41, 5.74) is -0.756. The zero-order chi connectivity index (χ0) is 18.6. The first-order valence-electron chi connectivity index (χ1n) is 8.17. The van der Waals surface area contributed by atoms with Crippen molar-refractivity contribution in [3.8, 4) is 0 Å². The van der Waals surface area contributed by atoms with Gasteiger partial charge in [0.2, 0.25) is 5.91 Å². The zero-order valence-corrected chi connectivity index (χ0v) is 14.8. The molecule has 1 amide bonds. The largest absolute Gasteiger partial charge is 0.417 e. The van der Waals surface area contributed by atoms with E-state index < -0.39 is 11.7 Å². The molecule has 3 rings (SSSR count). The zero-order valence-electron chi connectivity index (χ0n) is 13.9. The minimum absolute atomic E-state index is 0.0684. The maximum absolute atomic E-state index is 12.6. The first-order chi connectivity index (χ1) is 12.4. The number of hydrogen-bond acceptors (Lipinski definition) is 4. The molecule has 0 bridgehead atoms. The van der Waals surface area contributed by atoms with Gasteiger partial charge in [-0.2, -0.15) is 13.2 Å². The monoisotopic (exact) mass is 381 g/mol. The quantitative estimate of drug-likeness (QED) is 0.759. The van der Waals surface area contributed by atoms with Crippen molar-refractivity contribution in [2.24, 2.45) is 0 Å². The molecule has 0 spiro atoms. The normalized spacial score (nSPS) is 15.2. The van der Waals surface area contributed by atoms with Crippen molar-refractivity contribution in [3.63, 3.8) is 0 Å². The number of anilines is 1. The Balaban J connectivity index is 1.50. The average molecular weight is 381 g/mol. The maximum atomic E-state index is 12.6. The van der Waals surface area contributed by atoms with Crippen molar-refractivity contribution < 1.29 is 18.0 Å². The minimum Gasteiger partial charge on any atom is -0.353 e. The number of aromatic nitrogens is 1. The summed E-state index contributed by atoms with van der Waals surface area (Å²) in [7, 11) is 0. The molecule has 1 aromatic heterocycles. The van der Waals surface area contributed by atoms with Gasteiger partial charge in [-0.15, -0.1) is 11.8 Å². The fourth-order valence-electron chi connectivity index (χ4n) is 2.68. The van der Waals surface area contributed by atoms with Gasteiger partial charge in [-0.3, -0.25) is 4.79 Å². The van der Waals surface area contributed by atoms with E-state index in [0.717, 1.165) is 17.2 Å². The summed E-state index contributed by atoms with van der Waals surface area (Å²) in [6, 6.07) is 12.1. The Morgan fingerprint density at radius 2 is 1.73 bits per heavy atom. The van der Waals surface area contributed by atoms with Gasteiger partial charge in [0.1, 0.15) is 5.82 Å². The number of pyridine rings is 1. The number of amides is 1. The molecule has 2 aromatic rings. The van der Waals surface area contributed by atoms with Gasteiger partial charge in [-0.05, 0) is 24.3 Å². The Labute approximate surface area is 154 Å². The summed E-state index contributed by atoms with van der Waals surface area (Å²) in [4.78, 5) is 21.0. The summed E-state index contributed by atoms with van der Waals surface area (Å²) in [6.45, 7) is 2.19. The second kappa shape index (κ2) is 7.99. The molecule has 1 aliphatic heterocycles. The van der Waals surface area contributed by atoms with Gasteiger partial charge in [0, 0.05) is 37.3 Å². The van der Waals surface area contributed by atoms with Crippen LogP contribution in [0.3, 0.4) is 0 Å². The Kier molecular flexibility index (Phi) is 5.70. The van der Waals surface area contributed by atoms with Gasteiger partial charge < -0.3 is 9.80 Å². The van der Waals surface area contributed by atoms with Crippen LogP contribution in [0.4, 0.5) is 19.0 Å². The predicted octanol–water partition coefficient (Wildman–Crippen LogP) is 3.54. The molecule has 1 fully saturated rings. The lowest BCUT2D eigenvalue weighted by atomic mass is 10.2. The second-order valence-electron chi connectivity index (χ2n) is 5.87. The molecule has 8 heteroatoms. The summed E-state index contributed by atoms with van der Waals surface area (Å²) in [6.07, 6.45) is -3.53. The fraction of sp³-hybridized carbons (Fsp3) is 0.333. The smallest absolute Gasteiger partial charge is 0.353 e. The topological polar surface area (TPSA) is 36.4 Å². The van der Waals surface area contributed by atoms with E-state index in [1.165, 1.54) is 17.8 Å². The van der Waals surface area contributed by atoms with Crippen LogP contribution >= 0.6 is 11.8 Å². The Hall–Kier alpha value is -2.22. The fourth-order valence-corrected chi connectivity index (χ4v) is 3.50. The maximum Gasteiger partial charge on any atom is 0.417 e. The lowest BCUT2D eigenvalue weighted by Crippen LogP contribution is -2.49. The van der Waals surface area contributed by atoms with Gasteiger partial charge >= 0.3 is 6.18 Å². The van der Waals surface area contributed by atoms with Crippen LogP contribution in [-0.4, -0.2) is 47.7 Å². The van der Waals surface area contributed by atoms with Crippen molar-refractivity contribution >= 4 is 23.5 Å². The molecule has 4 nitrogen and oxygen atoms in total. The number of rotatable bonds is 4.